The lowest BCUT2D eigenvalue weighted by Crippen LogP contribution is -2.46. The molecule has 0 unspecified atom stereocenters. The minimum Gasteiger partial charge on any atom is -0.508 e. The van der Waals surface area contributed by atoms with Gasteiger partial charge in [-0.3, -0.25) is 9.97 Å². The molecule has 27 heteroatoms. The summed E-state index contributed by atoms with van der Waals surface area (Å²) < 4.78 is 112. The van der Waals surface area contributed by atoms with Crippen molar-refractivity contribution in [1.29, 1.82) is 0 Å². The Morgan fingerprint density at radius 3 is 1.58 bits per heavy atom. The summed E-state index contributed by atoms with van der Waals surface area (Å²) in [5.74, 6) is -3.72. The van der Waals surface area contributed by atoms with E-state index in [2.05, 4.69) is 71.5 Å². The van der Waals surface area contributed by atoms with Gasteiger partial charge in [0.15, 0.2) is 34.7 Å². The number of aromatic hydroxyl groups is 1. The summed E-state index contributed by atoms with van der Waals surface area (Å²) in [5.41, 5.74) is 1.26. The number of urea groups is 2. The lowest BCUT2D eigenvalue weighted by molar-refractivity contribution is -0.276. The first kappa shape index (κ1) is 55.2. The second kappa shape index (κ2) is 25.5. The van der Waals surface area contributed by atoms with Gasteiger partial charge in [-0.05, 0) is 96.2 Å². The molecule has 16 nitrogen and oxygen atoms in total. The van der Waals surface area contributed by atoms with Crippen LogP contribution in [0.4, 0.5) is 67.7 Å². The number of amides is 4. The van der Waals surface area contributed by atoms with E-state index in [0.717, 1.165) is 60.5 Å². The van der Waals surface area contributed by atoms with Gasteiger partial charge < -0.3 is 50.4 Å². The van der Waals surface area contributed by atoms with Crippen LogP contribution in [0.2, 0.25) is 10.0 Å². The predicted molar refractivity (Wildman–Crippen MR) is 257 cm³/mol. The zero-order valence-corrected chi connectivity index (χ0v) is 40.6. The Morgan fingerprint density at radius 2 is 1.10 bits per heavy atom. The number of anilines is 4. The number of hydrogen-bond acceptors (Lipinski definition) is 12. The highest BCUT2D eigenvalue weighted by Crippen LogP contribution is 2.39. The Balaban J connectivity index is 0.000000201. The number of aromatic nitrogens is 4. The maximum absolute atomic E-state index is 13.7. The van der Waals surface area contributed by atoms with Gasteiger partial charge in [-0.25, -0.2) is 28.3 Å². The molecule has 5 N–H and O–H groups in total. The van der Waals surface area contributed by atoms with E-state index in [1.165, 1.54) is 12.3 Å². The molecule has 2 fully saturated rings. The Morgan fingerprint density at radius 1 is 0.630 bits per heavy atom. The summed E-state index contributed by atoms with van der Waals surface area (Å²) in [6, 6.07) is 14.7. The molecule has 0 bridgehead atoms. The summed E-state index contributed by atoms with van der Waals surface area (Å²) in [6.45, 7) is 2.66. The molecular formula is C46H41BrCl2F8N10O6. The number of carbonyl (C=O) groups is 2. The first-order valence-electron chi connectivity index (χ1n) is 21.6. The minimum absolute atomic E-state index is 0.0672. The average Bonchev–Trinajstić information content (AvgIpc) is 3.33. The lowest BCUT2D eigenvalue weighted by atomic mass is 10.1. The summed E-state index contributed by atoms with van der Waals surface area (Å²) in [4.78, 5) is 44.9. The van der Waals surface area contributed by atoms with Gasteiger partial charge in [0.05, 0.1) is 28.8 Å². The molecule has 6 aromatic rings. The van der Waals surface area contributed by atoms with Gasteiger partial charge in [-0.1, -0.05) is 23.2 Å². The first-order valence-corrected chi connectivity index (χ1v) is 23.1. The second-order valence-electron chi connectivity index (χ2n) is 15.5. The van der Waals surface area contributed by atoms with Crippen LogP contribution in [-0.4, -0.2) is 88.1 Å². The smallest absolute Gasteiger partial charge is 0.508 e. The van der Waals surface area contributed by atoms with E-state index in [1.807, 2.05) is 11.0 Å². The molecule has 4 aromatic heterocycles. The number of rotatable bonds is 10. The summed E-state index contributed by atoms with van der Waals surface area (Å²) in [7, 11) is 0. The van der Waals surface area contributed by atoms with Crippen LogP contribution in [0.5, 0.6) is 28.7 Å². The quantitative estimate of drug-likeness (QED) is 0.0818. The molecular weight excluding hydrogens is 1090 g/mol. The Hall–Kier alpha value is -7.12. The monoisotopic (exact) mass is 1130 g/mol. The van der Waals surface area contributed by atoms with Crippen molar-refractivity contribution in [3.05, 3.63) is 136 Å². The topological polar surface area (TPSA) is 188 Å². The number of carbonyl (C=O) groups excluding carboxylic acids is 2. The Labute approximate surface area is 429 Å². The van der Waals surface area contributed by atoms with Crippen molar-refractivity contribution in [2.24, 2.45) is 0 Å². The van der Waals surface area contributed by atoms with E-state index < -0.39 is 41.6 Å². The van der Waals surface area contributed by atoms with Crippen molar-refractivity contribution >= 4 is 74.2 Å². The van der Waals surface area contributed by atoms with E-state index in [0.29, 0.717) is 60.3 Å². The van der Waals surface area contributed by atoms with Crippen molar-refractivity contribution in [3.63, 3.8) is 0 Å². The standard InChI is InChI=1S/C23H20ClF4N5O3.C16H17BrClN5O.C7H4F4O2/c24-20-18(35-16-3-4-17(25)19(12-16)36-23(26,27)28)5-9-30-21(20)33-10-6-14(7-11-33)31-22(34)32-15-2-1-8-29-13-15;17-13-3-7-20-15(14(13)18)23-8-4-11(5-9-23)21-16(24)22-12-2-1-6-19-10-12;8-5-2-1-4(12)3-6(5)13-7(9,10)11/h1-5,8-9,12-14H,6-7,10-11H2,(H2,31,32,34);1-3,6-7,10-11H,4-5,8-9H2,(H2,21,22,24);1-3,12H. The molecule has 0 aliphatic carbocycles. The maximum Gasteiger partial charge on any atom is 0.573 e. The summed E-state index contributed by atoms with van der Waals surface area (Å²) in [5, 5.41) is 20.9. The molecule has 6 heterocycles. The highest BCUT2D eigenvalue weighted by atomic mass is 79.9. The fraction of sp³-hybridized carbons (Fsp3) is 0.261. The molecule has 4 amide bonds. The van der Waals surface area contributed by atoms with Crippen molar-refractivity contribution in [1.82, 2.24) is 30.6 Å². The average molecular weight is 1130 g/mol. The van der Waals surface area contributed by atoms with E-state index >= 15 is 0 Å². The molecule has 2 aromatic carbocycles. The number of ether oxygens (including phenoxy) is 3. The van der Waals surface area contributed by atoms with E-state index in [4.69, 9.17) is 33.0 Å². The Bertz CT molecular complexity index is 2780. The molecule has 388 valence electrons. The molecule has 0 spiro atoms. The molecule has 8 rings (SSSR count). The molecule has 0 atom stereocenters. The minimum atomic E-state index is -5.05. The highest BCUT2D eigenvalue weighted by Gasteiger charge is 2.34. The lowest BCUT2D eigenvalue weighted by Gasteiger charge is -2.33. The van der Waals surface area contributed by atoms with Crippen LogP contribution < -0.4 is 45.3 Å². The van der Waals surface area contributed by atoms with Crippen LogP contribution in [0.1, 0.15) is 25.7 Å². The normalized spacial score (nSPS) is 14.1. The van der Waals surface area contributed by atoms with Gasteiger partial charge in [-0.2, -0.15) is 0 Å². The first-order chi connectivity index (χ1) is 34.7. The molecule has 73 heavy (non-hydrogen) atoms. The number of nitrogens with one attached hydrogen (secondary N) is 4. The van der Waals surface area contributed by atoms with E-state index in [9.17, 15) is 44.7 Å². The molecule has 0 radical (unpaired) electrons. The largest absolute Gasteiger partial charge is 0.573 e. The second-order valence-corrected chi connectivity index (χ2v) is 17.1. The predicted octanol–water partition coefficient (Wildman–Crippen LogP) is 11.9. The van der Waals surface area contributed by atoms with Gasteiger partial charge in [0.2, 0.25) is 0 Å². The van der Waals surface area contributed by atoms with Gasteiger partial charge in [-0.15, -0.1) is 26.3 Å². The maximum atomic E-state index is 13.7. The van der Waals surface area contributed by atoms with Crippen molar-refractivity contribution in [2.45, 2.75) is 50.5 Å². The highest BCUT2D eigenvalue weighted by molar-refractivity contribution is 9.10. The van der Waals surface area contributed by atoms with Crippen molar-refractivity contribution < 1.29 is 64.0 Å². The third-order valence-electron chi connectivity index (χ3n) is 10.3. The number of hydrogen-bond donors (Lipinski definition) is 5. The third-order valence-corrected chi connectivity index (χ3v) is 11.9. The number of phenolic OH excluding ortho intramolecular Hbond substituents is 1. The number of phenols is 1. The number of piperidine rings is 2. The van der Waals surface area contributed by atoms with Crippen LogP contribution in [-0.2, 0) is 0 Å². The number of benzene rings is 2. The van der Waals surface area contributed by atoms with Crippen LogP contribution >= 0.6 is 39.1 Å². The summed E-state index contributed by atoms with van der Waals surface area (Å²) in [6.07, 6.45) is 2.52. The van der Waals surface area contributed by atoms with Gasteiger partial charge in [0.25, 0.3) is 0 Å². The molecule has 2 aliphatic rings. The fourth-order valence-corrected chi connectivity index (χ4v) is 7.76. The van der Waals surface area contributed by atoms with Crippen LogP contribution in [0.25, 0.3) is 0 Å². The number of pyridine rings is 4. The molecule has 2 aliphatic heterocycles. The zero-order valence-electron chi connectivity index (χ0n) is 37.5. The third kappa shape index (κ3) is 17.6. The number of alkyl halides is 6. The van der Waals surface area contributed by atoms with Crippen molar-refractivity contribution in [3.8, 4) is 28.7 Å². The van der Waals surface area contributed by atoms with Crippen LogP contribution in [0.15, 0.2) is 114 Å². The van der Waals surface area contributed by atoms with Gasteiger partial charge in [0, 0.05) is 85.7 Å². The van der Waals surface area contributed by atoms with Crippen molar-refractivity contribution in [2.75, 3.05) is 46.6 Å². The fourth-order valence-electron chi connectivity index (χ4n) is 6.97. The summed E-state index contributed by atoms with van der Waals surface area (Å²) >= 11 is 16.2. The molecule has 2 saturated heterocycles. The number of nitrogens with zero attached hydrogens (tertiary/aromatic N) is 6. The van der Waals surface area contributed by atoms with Crippen LogP contribution in [0.3, 0.4) is 0 Å². The van der Waals surface area contributed by atoms with Gasteiger partial charge >= 0.3 is 24.8 Å². The van der Waals surface area contributed by atoms with Gasteiger partial charge in [0.1, 0.15) is 22.3 Å². The SMILES string of the molecule is O=C(Nc1cccnc1)NC1CCN(c2nccc(Br)c2Cl)CC1.O=C(Nc1cccnc1)NC1CCN(c2nccc(Oc3ccc(F)c(OC(F)(F)F)c3)c2Cl)CC1.Oc1ccc(F)c(OC(F)(F)F)c1. The number of halogens is 11. The van der Waals surface area contributed by atoms with E-state index in [-0.39, 0.29) is 40.7 Å². The van der Waals surface area contributed by atoms with Crippen LogP contribution in [0, 0.1) is 11.6 Å². The Kier molecular flexibility index (Phi) is 19.3. The van der Waals surface area contributed by atoms with E-state index in [1.54, 1.807) is 55.2 Å². The molecule has 0 saturated carbocycles. The zero-order chi connectivity index (χ0) is 52.7.